The van der Waals surface area contributed by atoms with Gasteiger partial charge >= 0.3 is 0 Å². The minimum atomic E-state index is -0.275. The molecule has 1 heterocycles. The molecule has 0 aliphatic carbocycles. The Balaban J connectivity index is 1.38. The average Bonchev–Trinajstić information content (AvgIpc) is 3.16. The lowest BCUT2D eigenvalue weighted by Gasteiger charge is -2.19. The fraction of sp³-hybridized carbons (Fsp3) is 0.214. The first-order chi connectivity index (χ1) is 16.3. The van der Waals surface area contributed by atoms with Gasteiger partial charge in [0.05, 0.1) is 6.54 Å². The quantitative estimate of drug-likeness (QED) is 0.324. The third kappa shape index (κ3) is 6.06. The number of halogens is 1. The number of hydrogen-bond acceptors (Lipinski definition) is 3. The van der Waals surface area contributed by atoms with Crippen molar-refractivity contribution in [1.29, 1.82) is 0 Å². The van der Waals surface area contributed by atoms with Gasteiger partial charge in [-0.15, -0.1) is 0 Å². The SMILES string of the molecule is CC(C)(C)c1ccc(OCc2cccc(C(=O)Nc3nn(Cc4ccccc4)cc3Cl)c2)cc1. The van der Waals surface area contributed by atoms with Crippen LogP contribution in [0.3, 0.4) is 0 Å². The molecule has 174 valence electrons. The molecule has 0 radical (unpaired) electrons. The molecule has 1 N–H and O–H groups in total. The molecule has 3 aromatic carbocycles. The molecule has 6 heteroatoms. The van der Waals surface area contributed by atoms with Crippen molar-refractivity contribution in [2.45, 2.75) is 39.3 Å². The molecule has 34 heavy (non-hydrogen) atoms. The van der Waals surface area contributed by atoms with Gasteiger partial charge in [-0.05, 0) is 46.4 Å². The van der Waals surface area contributed by atoms with E-state index in [9.17, 15) is 4.79 Å². The second-order valence-electron chi connectivity index (χ2n) is 9.23. The maximum atomic E-state index is 12.8. The molecule has 0 unspecified atom stereocenters. The summed E-state index contributed by atoms with van der Waals surface area (Å²) in [5.41, 5.74) is 3.86. The monoisotopic (exact) mass is 473 g/mol. The van der Waals surface area contributed by atoms with E-state index in [4.69, 9.17) is 16.3 Å². The lowest BCUT2D eigenvalue weighted by Crippen LogP contribution is -2.13. The number of carbonyl (C=O) groups excluding carboxylic acids is 1. The van der Waals surface area contributed by atoms with E-state index >= 15 is 0 Å². The minimum absolute atomic E-state index is 0.0977. The van der Waals surface area contributed by atoms with E-state index in [0.29, 0.717) is 29.6 Å². The Hall–Kier alpha value is -3.57. The van der Waals surface area contributed by atoms with Crippen LogP contribution in [0.25, 0.3) is 0 Å². The molecule has 1 amide bonds. The Labute approximate surface area is 205 Å². The van der Waals surface area contributed by atoms with Crippen LogP contribution in [-0.4, -0.2) is 15.7 Å². The lowest BCUT2D eigenvalue weighted by molar-refractivity contribution is 0.102. The summed E-state index contributed by atoms with van der Waals surface area (Å²) in [6.07, 6.45) is 1.71. The van der Waals surface area contributed by atoms with Gasteiger partial charge in [0.2, 0.25) is 0 Å². The largest absolute Gasteiger partial charge is 0.489 e. The van der Waals surface area contributed by atoms with Crippen LogP contribution < -0.4 is 10.1 Å². The van der Waals surface area contributed by atoms with Crippen molar-refractivity contribution in [2.24, 2.45) is 0 Å². The number of rotatable bonds is 7. The Bertz CT molecular complexity index is 1260. The summed E-state index contributed by atoms with van der Waals surface area (Å²) in [4.78, 5) is 12.8. The maximum absolute atomic E-state index is 12.8. The van der Waals surface area contributed by atoms with Crippen molar-refractivity contribution >= 4 is 23.3 Å². The molecule has 0 atom stereocenters. The topological polar surface area (TPSA) is 56.1 Å². The zero-order valence-electron chi connectivity index (χ0n) is 19.6. The van der Waals surface area contributed by atoms with Crippen molar-refractivity contribution in [1.82, 2.24) is 9.78 Å². The Morgan fingerprint density at radius 1 is 0.971 bits per heavy atom. The lowest BCUT2D eigenvalue weighted by atomic mass is 9.87. The first-order valence-electron chi connectivity index (χ1n) is 11.2. The molecular weight excluding hydrogens is 446 g/mol. The van der Waals surface area contributed by atoms with Crippen molar-refractivity contribution in [3.8, 4) is 5.75 Å². The fourth-order valence-corrected chi connectivity index (χ4v) is 3.73. The van der Waals surface area contributed by atoms with Crippen molar-refractivity contribution in [3.63, 3.8) is 0 Å². The summed E-state index contributed by atoms with van der Waals surface area (Å²) in [7, 11) is 0. The predicted molar refractivity (Wildman–Crippen MR) is 137 cm³/mol. The molecule has 4 aromatic rings. The highest BCUT2D eigenvalue weighted by Gasteiger charge is 2.14. The van der Waals surface area contributed by atoms with Gasteiger partial charge in [-0.25, -0.2) is 0 Å². The van der Waals surface area contributed by atoms with Crippen molar-refractivity contribution in [3.05, 3.63) is 112 Å². The van der Waals surface area contributed by atoms with Gasteiger partial charge in [-0.1, -0.05) is 87.0 Å². The summed E-state index contributed by atoms with van der Waals surface area (Å²) in [5.74, 6) is 0.852. The number of hydrogen-bond donors (Lipinski definition) is 1. The number of amides is 1. The van der Waals surface area contributed by atoms with Gasteiger partial charge < -0.3 is 10.1 Å². The van der Waals surface area contributed by atoms with Crippen LogP contribution in [0, 0.1) is 0 Å². The van der Waals surface area contributed by atoms with Crippen LogP contribution in [0.4, 0.5) is 5.82 Å². The zero-order valence-corrected chi connectivity index (χ0v) is 20.3. The van der Waals surface area contributed by atoms with Gasteiger partial charge in [0, 0.05) is 11.8 Å². The average molecular weight is 474 g/mol. The molecular formula is C28H28ClN3O2. The number of aromatic nitrogens is 2. The number of carbonyl (C=O) groups is 1. The number of ether oxygens (including phenoxy) is 1. The summed E-state index contributed by atoms with van der Waals surface area (Å²) in [6, 6.07) is 25.4. The highest BCUT2D eigenvalue weighted by molar-refractivity contribution is 6.33. The summed E-state index contributed by atoms with van der Waals surface area (Å²) in [5, 5.41) is 7.62. The third-order valence-corrected chi connectivity index (χ3v) is 5.73. The second kappa shape index (κ2) is 10.1. The van der Waals surface area contributed by atoms with Gasteiger partial charge in [0.1, 0.15) is 17.4 Å². The molecule has 0 aliphatic rings. The second-order valence-corrected chi connectivity index (χ2v) is 9.63. The molecule has 0 saturated carbocycles. The summed E-state index contributed by atoms with van der Waals surface area (Å²) in [6.45, 7) is 7.48. The van der Waals surface area contributed by atoms with E-state index in [-0.39, 0.29) is 11.3 Å². The van der Waals surface area contributed by atoms with Gasteiger partial charge in [0.25, 0.3) is 5.91 Å². The number of anilines is 1. The molecule has 1 aromatic heterocycles. The van der Waals surface area contributed by atoms with Gasteiger partial charge in [0.15, 0.2) is 5.82 Å². The summed E-state index contributed by atoms with van der Waals surface area (Å²) >= 11 is 6.31. The Morgan fingerprint density at radius 3 is 2.38 bits per heavy atom. The third-order valence-electron chi connectivity index (χ3n) is 5.45. The predicted octanol–water partition coefficient (Wildman–Crippen LogP) is 6.71. The molecule has 0 saturated heterocycles. The number of nitrogens with zero attached hydrogens (tertiary/aromatic N) is 2. The number of benzene rings is 3. The smallest absolute Gasteiger partial charge is 0.256 e. The molecule has 0 spiro atoms. The number of nitrogens with one attached hydrogen (secondary N) is 1. The summed E-state index contributed by atoms with van der Waals surface area (Å²) < 4.78 is 7.63. The van der Waals surface area contributed by atoms with E-state index in [1.807, 2.05) is 60.7 Å². The van der Waals surface area contributed by atoms with Crippen LogP contribution in [-0.2, 0) is 18.6 Å². The molecule has 0 fully saturated rings. The minimum Gasteiger partial charge on any atom is -0.489 e. The highest BCUT2D eigenvalue weighted by atomic mass is 35.5. The standard InChI is InChI=1S/C28H28ClN3O2/c1-28(2,3)23-12-14-24(15-13-23)34-19-21-10-7-11-22(16-21)27(33)30-26-25(29)18-32(31-26)17-20-8-5-4-6-9-20/h4-16,18H,17,19H2,1-3H3,(H,30,31,33). The molecule has 0 bridgehead atoms. The van der Waals surface area contributed by atoms with Crippen LogP contribution >= 0.6 is 11.6 Å². The van der Waals surface area contributed by atoms with E-state index < -0.39 is 0 Å². The zero-order chi connectivity index (χ0) is 24.1. The first-order valence-corrected chi connectivity index (χ1v) is 11.6. The normalized spacial score (nSPS) is 11.3. The van der Waals surface area contributed by atoms with E-state index in [1.54, 1.807) is 16.9 Å². The van der Waals surface area contributed by atoms with Gasteiger partial charge in [-0.2, -0.15) is 5.10 Å². The van der Waals surface area contributed by atoms with Crippen molar-refractivity contribution in [2.75, 3.05) is 5.32 Å². The Morgan fingerprint density at radius 2 is 1.68 bits per heavy atom. The van der Waals surface area contributed by atoms with Gasteiger partial charge in [-0.3, -0.25) is 9.48 Å². The van der Waals surface area contributed by atoms with Crippen LogP contribution in [0.1, 0.15) is 47.8 Å². The van der Waals surface area contributed by atoms with Crippen molar-refractivity contribution < 1.29 is 9.53 Å². The first kappa shape index (κ1) is 23.6. The van der Waals surface area contributed by atoms with Crippen LogP contribution in [0.2, 0.25) is 5.02 Å². The highest BCUT2D eigenvalue weighted by Crippen LogP contribution is 2.25. The molecule has 0 aliphatic heterocycles. The Kier molecular flexibility index (Phi) is 7.03. The van der Waals surface area contributed by atoms with E-state index in [2.05, 4.69) is 43.3 Å². The molecule has 5 nitrogen and oxygen atoms in total. The molecule has 4 rings (SSSR count). The van der Waals surface area contributed by atoms with Crippen LogP contribution in [0.5, 0.6) is 5.75 Å². The van der Waals surface area contributed by atoms with E-state index in [0.717, 1.165) is 16.9 Å². The maximum Gasteiger partial charge on any atom is 0.256 e. The fourth-order valence-electron chi connectivity index (χ4n) is 3.53. The van der Waals surface area contributed by atoms with Crippen LogP contribution in [0.15, 0.2) is 85.1 Å². The van der Waals surface area contributed by atoms with E-state index in [1.165, 1.54) is 5.56 Å².